The van der Waals surface area contributed by atoms with Crippen molar-refractivity contribution in [1.82, 2.24) is 10.2 Å². The Hall–Kier alpha value is -1.10. The highest BCUT2D eigenvalue weighted by Crippen LogP contribution is 2.30. The number of ether oxygens (including phenoxy) is 1. The third kappa shape index (κ3) is 2.66. The molecule has 2 fully saturated rings. The molecule has 2 saturated heterocycles. The topological polar surface area (TPSA) is 58.6 Å². The summed E-state index contributed by atoms with van der Waals surface area (Å²) in [5.74, 6) is -0.132. The molecule has 2 amide bonds. The number of hydrogen-bond donors (Lipinski definition) is 1. The van der Waals surface area contributed by atoms with Crippen LogP contribution in [0.3, 0.4) is 0 Å². The van der Waals surface area contributed by atoms with E-state index in [1.54, 1.807) is 18.7 Å². The molecule has 2 aliphatic rings. The first-order valence-corrected chi connectivity index (χ1v) is 6.48. The zero-order valence-electron chi connectivity index (χ0n) is 11.6. The molecule has 2 heterocycles. The molecule has 0 aromatic rings. The van der Waals surface area contributed by atoms with Gasteiger partial charge in [0.2, 0.25) is 11.8 Å². The van der Waals surface area contributed by atoms with Gasteiger partial charge < -0.3 is 15.0 Å². The lowest BCUT2D eigenvalue weighted by atomic mass is 10.00. The second-order valence-electron chi connectivity index (χ2n) is 6.40. The van der Waals surface area contributed by atoms with Crippen molar-refractivity contribution in [1.29, 1.82) is 0 Å². The molecule has 0 radical (unpaired) electrons. The van der Waals surface area contributed by atoms with E-state index >= 15 is 0 Å². The first-order valence-electron chi connectivity index (χ1n) is 6.48. The molecular formula is C13H22N2O3. The van der Waals surface area contributed by atoms with Crippen molar-refractivity contribution >= 4 is 11.8 Å². The second-order valence-corrected chi connectivity index (χ2v) is 6.40. The Kier molecular flexibility index (Phi) is 3.13. The van der Waals surface area contributed by atoms with E-state index in [1.165, 1.54) is 0 Å². The average molecular weight is 254 g/mol. The SMILES string of the molecule is CC1(C)CCC(CN2CC(=O)NC(C)(C)C2=O)O1. The summed E-state index contributed by atoms with van der Waals surface area (Å²) < 4.78 is 5.88. The van der Waals surface area contributed by atoms with Crippen molar-refractivity contribution in [3.63, 3.8) is 0 Å². The molecule has 5 nitrogen and oxygen atoms in total. The van der Waals surface area contributed by atoms with Crippen LogP contribution in [-0.2, 0) is 14.3 Å². The second kappa shape index (κ2) is 4.23. The van der Waals surface area contributed by atoms with Crippen molar-refractivity contribution in [3.05, 3.63) is 0 Å². The van der Waals surface area contributed by atoms with E-state index < -0.39 is 5.54 Å². The summed E-state index contributed by atoms with van der Waals surface area (Å²) in [5, 5.41) is 2.71. The lowest BCUT2D eigenvalue weighted by Gasteiger charge is -2.38. The molecule has 0 saturated carbocycles. The summed E-state index contributed by atoms with van der Waals surface area (Å²) in [5.41, 5.74) is -0.912. The highest BCUT2D eigenvalue weighted by Gasteiger charge is 2.41. The Balaban J connectivity index is 2.01. The van der Waals surface area contributed by atoms with Gasteiger partial charge in [0.15, 0.2) is 0 Å². The lowest BCUT2D eigenvalue weighted by molar-refractivity contribution is -0.150. The van der Waals surface area contributed by atoms with E-state index in [0.717, 1.165) is 12.8 Å². The van der Waals surface area contributed by atoms with Gasteiger partial charge in [-0.2, -0.15) is 0 Å². The van der Waals surface area contributed by atoms with Crippen LogP contribution >= 0.6 is 0 Å². The predicted octanol–water partition coefficient (Wildman–Crippen LogP) is 0.681. The molecular weight excluding hydrogens is 232 g/mol. The fraction of sp³-hybridized carbons (Fsp3) is 0.846. The van der Waals surface area contributed by atoms with Crippen LogP contribution < -0.4 is 5.32 Å². The summed E-state index contributed by atoms with van der Waals surface area (Å²) in [6, 6.07) is 0. The van der Waals surface area contributed by atoms with Gasteiger partial charge in [-0.25, -0.2) is 0 Å². The summed E-state index contributed by atoms with van der Waals surface area (Å²) in [7, 11) is 0. The molecule has 2 rings (SSSR count). The highest BCUT2D eigenvalue weighted by atomic mass is 16.5. The average Bonchev–Trinajstić information content (AvgIpc) is 2.53. The van der Waals surface area contributed by atoms with Crippen LogP contribution in [0.4, 0.5) is 0 Å². The fourth-order valence-corrected chi connectivity index (χ4v) is 2.68. The summed E-state index contributed by atoms with van der Waals surface area (Å²) in [4.78, 5) is 25.4. The van der Waals surface area contributed by atoms with Crippen molar-refractivity contribution in [2.75, 3.05) is 13.1 Å². The van der Waals surface area contributed by atoms with Crippen LogP contribution in [0.2, 0.25) is 0 Å². The van der Waals surface area contributed by atoms with E-state index in [9.17, 15) is 9.59 Å². The Labute approximate surface area is 108 Å². The molecule has 102 valence electrons. The summed E-state index contributed by atoms with van der Waals surface area (Å²) >= 11 is 0. The van der Waals surface area contributed by atoms with E-state index in [-0.39, 0.29) is 30.1 Å². The number of piperazine rings is 1. The van der Waals surface area contributed by atoms with Gasteiger partial charge in [-0.3, -0.25) is 9.59 Å². The maximum absolute atomic E-state index is 12.2. The molecule has 0 spiro atoms. The van der Waals surface area contributed by atoms with E-state index in [2.05, 4.69) is 19.2 Å². The van der Waals surface area contributed by atoms with Crippen molar-refractivity contribution < 1.29 is 14.3 Å². The molecule has 0 aliphatic carbocycles. The third-order valence-corrected chi connectivity index (χ3v) is 3.59. The zero-order chi connectivity index (χ0) is 13.6. The molecule has 0 aromatic heterocycles. The molecule has 1 unspecified atom stereocenters. The minimum absolute atomic E-state index is 0.0320. The number of nitrogens with zero attached hydrogens (tertiary/aromatic N) is 1. The van der Waals surface area contributed by atoms with Gasteiger partial charge in [0.05, 0.1) is 18.2 Å². The number of rotatable bonds is 2. The van der Waals surface area contributed by atoms with Crippen LogP contribution in [0.25, 0.3) is 0 Å². The van der Waals surface area contributed by atoms with Crippen molar-refractivity contribution in [3.8, 4) is 0 Å². The zero-order valence-corrected chi connectivity index (χ0v) is 11.6. The van der Waals surface area contributed by atoms with Gasteiger partial charge in [0.25, 0.3) is 0 Å². The first kappa shape index (κ1) is 13.3. The smallest absolute Gasteiger partial charge is 0.248 e. The van der Waals surface area contributed by atoms with Gasteiger partial charge >= 0.3 is 0 Å². The molecule has 2 aliphatic heterocycles. The quantitative estimate of drug-likeness (QED) is 0.788. The molecule has 1 atom stereocenters. The third-order valence-electron chi connectivity index (χ3n) is 3.59. The molecule has 18 heavy (non-hydrogen) atoms. The monoisotopic (exact) mass is 254 g/mol. The number of carbonyl (C=O) groups excluding carboxylic acids is 2. The number of carbonyl (C=O) groups is 2. The van der Waals surface area contributed by atoms with Crippen LogP contribution in [0.1, 0.15) is 40.5 Å². The predicted molar refractivity (Wildman–Crippen MR) is 67.0 cm³/mol. The first-order chi connectivity index (χ1) is 8.20. The van der Waals surface area contributed by atoms with Crippen LogP contribution in [0.5, 0.6) is 0 Å². The van der Waals surface area contributed by atoms with Gasteiger partial charge in [0, 0.05) is 6.54 Å². The maximum atomic E-state index is 12.2. The van der Waals surface area contributed by atoms with Crippen LogP contribution in [0, 0.1) is 0 Å². The Morgan fingerprint density at radius 2 is 2.00 bits per heavy atom. The van der Waals surface area contributed by atoms with E-state index in [1.807, 2.05) is 0 Å². The fourth-order valence-electron chi connectivity index (χ4n) is 2.68. The molecule has 1 N–H and O–H groups in total. The number of amides is 2. The minimum atomic E-state index is -0.802. The van der Waals surface area contributed by atoms with Gasteiger partial charge in [-0.15, -0.1) is 0 Å². The Morgan fingerprint density at radius 1 is 1.33 bits per heavy atom. The molecule has 0 bridgehead atoms. The minimum Gasteiger partial charge on any atom is -0.371 e. The largest absolute Gasteiger partial charge is 0.371 e. The van der Waals surface area contributed by atoms with Gasteiger partial charge in [-0.05, 0) is 40.5 Å². The molecule has 5 heteroatoms. The van der Waals surface area contributed by atoms with Crippen molar-refractivity contribution in [2.24, 2.45) is 0 Å². The molecule has 0 aromatic carbocycles. The standard InChI is InChI=1S/C13H22N2O3/c1-12(2)6-5-9(18-12)7-15-8-10(16)14-13(3,4)11(15)17/h9H,5-8H2,1-4H3,(H,14,16). The Bertz CT molecular complexity index is 376. The normalized spacial score (nSPS) is 30.4. The van der Waals surface area contributed by atoms with Gasteiger partial charge in [0.1, 0.15) is 5.54 Å². The summed E-state index contributed by atoms with van der Waals surface area (Å²) in [6.07, 6.45) is 1.99. The highest BCUT2D eigenvalue weighted by molar-refractivity contribution is 5.97. The van der Waals surface area contributed by atoms with Crippen molar-refractivity contribution in [2.45, 2.75) is 57.8 Å². The number of nitrogens with one attached hydrogen (secondary N) is 1. The van der Waals surface area contributed by atoms with E-state index in [4.69, 9.17) is 4.74 Å². The lowest BCUT2D eigenvalue weighted by Crippen LogP contribution is -2.64. The number of hydrogen-bond acceptors (Lipinski definition) is 3. The van der Waals surface area contributed by atoms with Gasteiger partial charge in [-0.1, -0.05) is 0 Å². The van der Waals surface area contributed by atoms with Crippen LogP contribution in [-0.4, -0.2) is 47.0 Å². The maximum Gasteiger partial charge on any atom is 0.248 e. The van der Waals surface area contributed by atoms with Crippen LogP contribution in [0.15, 0.2) is 0 Å². The summed E-state index contributed by atoms with van der Waals surface area (Å²) in [6.45, 7) is 8.24. The van der Waals surface area contributed by atoms with E-state index in [0.29, 0.717) is 6.54 Å². The Morgan fingerprint density at radius 3 is 2.56 bits per heavy atom.